The van der Waals surface area contributed by atoms with Crippen LogP contribution in [0.25, 0.3) is 0 Å². The quantitative estimate of drug-likeness (QED) is 0.575. The Kier molecular flexibility index (Phi) is 7.85. The van der Waals surface area contributed by atoms with Crippen LogP contribution in [0.5, 0.6) is 5.75 Å². The Hall–Kier alpha value is -1.79. The summed E-state index contributed by atoms with van der Waals surface area (Å²) in [6.07, 6.45) is 4.52. The molecule has 0 bridgehead atoms. The second-order valence-electron chi connectivity index (χ2n) is 5.63. The van der Waals surface area contributed by atoms with Gasteiger partial charge in [0.15, 0.2) is 0 Å². The van der Waals surface area contributed by atoms with Gasteiger partial charge in [-0.1, -0.05) is 37.5 Å². The van der Waals surface area contributed by atoms with Crippen LogP contribution in [0.15, 0.2) is 24.3 Å². The number of alkyl carbamates (subject to hydrolysis) is 1. The number of nitrogens with one attached hydrogen (secondary N) is 1. The van der Waals surface area contributed by atoms with Gasteiger partial charge < -0.3 is 20.9 Å². The summed E-state index contributed by atoms with van der Waals surface area (Å²) in [5.41, 5.74) is 6.28. The minimum Gasteiger partial charge on any atom is -0.508 e. The molecule has 1 aliphatic carbocycles. The van der Waals surface area contributed by atoms with Crippen molar-refractivity contribution in [1.82, 2.24) is 5.32 Å². The molecule has 1 amide bonds. The Morgan fingerprint density at radius 2 is 1.91 bits per heavy atom. The molecule has 0 spiro atoms. The SMILES string of the molecule is Cl.NC(Cc1ccccc1O)C(=O)OC(=O)NC1CCCCC1. The van der Waals surface area contributed by atoms with Crippen LogP contribution in [0.3, 0.4) is 0 Å². The monoisotopic (exact) mass is 342 g/mol. The molecule has 0 aromatic heterocycles. The summed E-state index contributed by atoms with van der Waals surface area (Å²) in [6.45, 7) is 0. The maximum atomic E-state index is 11.8. The number of nitrogens with two attached hydrogens (primary N) is 1. The van der Waals surface area contributed by atoms with Gasteiger partial charge in [-0.05, 0) is 24.5 Å². The van der Waals surface area contributed by atoms with Crippen LogP contribution in [-0.4, -0.2) is 29.3 Å². The highest BCUT2D eigenvalue weighted by Gasteiger charge is 2.22. The Morgan fingerprint density at radius 1 is 1.26 bits per heavy atom. The fourth-order valence-electron chi connectivity index (χ4n) is 2.61. The van der Waals surface area contributed by atoms with Gasteiger partial charge in [0.05, 0.1) is 0 Å². The number of amides is 1. The number of ether oxygens (including phenoxy) is 1. The third-order valence-electron chi connectivity index (χ3n) is 3.85. The highest BCUT2D eigenvalue weighted by atomic mass is 35.5. The molecular formula is C16H23ClN2O4. The van der Waals surface area contributed by atoms with Crippen molar-refractivity contribution in [2.75, 3.05) is 0 Å². The summed E-state index contributed by atoms with van der Waals surface area (Å²) in [5.74, 6) is -0.728. The summed E-state index contributed by atoms with van der Waals surface area (Å²) in [5, 5.41) is 12.3. The lowest BCUT2D eigenvalue weighted by Gasteiger charge is -2.22. The first-order valence-corrected chi connectivity index (χ1v) is 7.61. The smallest absolute Gasteiger partial charge is 0.415 e. The largest absolute Gasteiger partial charge is 0.508 e. The average molecular weight is 343 g/mol. The number of esters is 1. The lowest BCUT2D eigenvalue weighted by Crippen LogP contribution is -2.42. The van der Waals surface area contributed by atoms with Crippen LogP contribution in [0, 0.1) is 0 Å². The second kappa shape index (κ2) is 9.37. The molecule has 1 atom stereocenters. The fourth-order valence-corrected chi connectivity index (χ4v) is 2.61. The van der Waals surface area contributed by atoms with Crippen LogP contribution >= 0.6 is 12.4 Å². The number of para-hydroxylation sites is 1. The summed E-state index contributed by atoms with van der Waals surface area (Å²) >= 11 is 0. The van der Waals surface area contributed by atoms with Crippen LogP contribution in [0.1, 0.15) is 37.7 Å². The molecule has 0 heterocycles. The first kappa shape index (κ1) is 19.3. The molecule has 0 aliphatic heterocycles. The standard InChI is InChI=1S/C16H22N2O4.ClH/c17-13(10-11-6-4-5-9-14(11)19)15(20)22-16(21)18-12-7-2-1-3-8-12;/h4-6,9,12-13,19H,1-3,7-8,10,17H2,(H,18,21);1H. The number of phenolic OH excluding ortho intramolecular Hbond substituents is 1. The van der Waals surface area contributed by atoms with Crippen LogP contribution in [0.4, 0.5) is 4.79 Å². The van der Waals surface area contributed by atoms with E-state index in [2.05, 4.69) is 5.32 Å². The van der Waals surface area contributed by atoms with Crippen molar-refractivity contribution in [1.29, 1.82) is 0 Å². The minimum atomic E-state index is -0.995. The van der Waals surface area contributed by atoms with Gasteiger partial charge in [0.25, 0.3) is 0 Å². The lowest BCUT2D eigenvalue weighted by atomic mass is 9.96. The van der Waals surface area contributed by atoms with Crippen molar-refractivity contribution in [3.63, 3.8) is 0 Å². The van der Waals surface area contributed by atoms with Crippen molar-refractivity contribution < 1.29 is 19.4 Å². The fraction of sp³-hybridized carbons (Fsp3) is 0.500. The molecule has 128 valence electrons. The van der Waals surface area contributed by atoms with Crippen molar-refractivity contribution in [2.24, 2.45) is 5.73 Å². The Balaban J connectivity index is 0.00000264. The molecule has 1 aliphatic rings. The zero-order chi connectivity index (χ0) is 15.9. The van der Waals surface area contributed by atoms with Crippen molar-refractivity contribution in [3.05, 3.63) is 29.8 Å². The Morgan fingerprint density at radius 3 is 2.57 bits per heavy atom. The van der Waals surface area contributed by atoms with Crippen LogP contribution < -0.4 is 11.1 Å². The number of carbonyl (C=O) groups excluding carboxylic acids is 2. The molecule has 4 N–H and O–H groups in total. The van der Waals surface area contributed by atoms with Gasteiger partial charge >= 0.3 is 12.1 Å². The number of benzene rings is 1. The van der Waals surface area contributed by atoms with E-state index in [-0.39, 0.29) is 30.6 Å². The number of aromatic hydroxyl groups is 1. The highest BCUT2D eigenvalue weighted by Crippen LogP contribution is 2.18. The molecule has 1 aromatic carbocycles. The second-order valence-corrected chi connectivity index (χ2v) is 5.63. The topological polar surface area (TPSA) is 102 Å². The Labute approximate surface area is 141 Å². The van der Waals surface area contributed by atoms with Gasteiger partial charge in [0, 0.05) is 12.5 Å². The number of carbonyl (C=O) groups is 2. The summed E-state index contributed by atoms with van der Waals surface area (Å²) in [4.78, 5) is 23.5. The van der Waals surface area contributed by atoms with E-state index >= 15 is 0 Å². The van der Waals surface area contributed by atoms with Crippen molar-refractivity contribution in [2.45, 2.75) is 50.6 Å². The summed E-state index contributed by atoms with van der Waals surface area (Å²) in [6, 6.07) is 5.69. The maximum absolute atomic E-state index is 11.8. The van der Waals surface area contributed by atoms with E-state index in [1.807, 2.05) is 0 Å². The first-order chi connectivity index (χ1) is 10.6. The van der Waals surface area contributed by atoms with Crippen LogP contribution in [0.2, 0.25) is 0 Å². The molecule has 0 saturated heterocycles. The van der Waals surface area contributed by atoms with Gasteiger partial charge in [0.1, 0.15) is 11.8 Å². The third kappa shape index (κ3) is 6.08. The van der Waals surface area contributed by atoms with E-state index in [1.54, 1.807) is 18.2 Å². The highest BCUT2D eigenvalue weighted by molar-refractivity contribution is 5.87. The predicted octanol–water partition coefficient (Wildman–Crippen LogP) is 2.27. The third-order valence-corrected chi connectivity index (χ3v) is 3.85. The Bertz CT molecular complexity index is 533. The number of hydrogen-bond donors (Lipinski definition) is 3. The minimum absolute atomic E-state index is 0. The molecule has 1 aromatic rings. The first-order valence-electron chi connectivity index (χ1n) is 7.61. The van der Waals surface area contributed by atoms with Crippen molar-refractivity contribution >= 4 is 24.5 Å². The molecule has 1 fully saturated rings. The molecule has 23 heavy (non-hydrogen) atoms. The van der Waals surface area contributed by atoms with E-state index < -0.39 is 18.1 Å². The zero-order valence-electron chi connectivity index (χ0n) is 12.9. The number of phenols is 1. The van der Waals surface area contributed by atoms with Gasteiger partial charge in [0.2, 0.25) is 0 Å². The van der Waals surface area contributed by atoms with Gasteiger partial charge in [-0.15, -0.1) is 12.4 Å². The van der Waals surface area contributed by atoms with Gasteiger partial charge in [-0.2, -0.15) is 0 Å². The van der Waals surface area contributed by atoms with E-state index in [1.165, 1.54) is 12.5 Å². The lowest BCUT2D eigenvalue weighted by molar-refractivity contribution is -0.138. The van der Waals surface area contributed by atoms with Crippen molar-refractivity contribution in [3.8, 4) is 5.75 Å². The number of hydrogen-bond acceptors (Lipinski definition) is 5. The summed E-state index contributed by atoms with van der Waals surface area (Å²) < 4.78 is 4.73. The number of halogens is 1. The molecule has 1 saturated carbocycles. The maximum Gasteiger partial charge on any atom is 0.415 e. The zero-order valence-corrected chi connectivity index (χ0v) is 13.7. The van der Waals surface area contributed by atoms with E-state index in [0.717, 1.165) is 25.7 Å². The average Bonchev–Trinajstić information content (AvgIpc) is 2.50. The van der Waals surface area contributed by atoms with E-state index in [9.17, 15) is 14.7 Å². The molecule has 2 rings (SSSR count). The molecule has 1 unspecified atom stereocenters. The number of rotatable bonds is 4. The van der Waals surface area contributed by atoms with E-state index in [4.69, 9.17) is 10.5 Å². The molecule has 0 radical (unpaired) electrons. The van der Waals surface area contributed by atoms with Gasteiger partial charge in [-0.3, -0.25) is 0 Å². The predicted molar refractivity (Wildman–Crippen MR) is 88.5 cm³/mol. The van der Waals surface area contributed by atoms with E-state index in [0.29, 0.717) is 5.56 Å². The normalized spacial score (nSPS) is 16.0. The molecule has 6 nitrogen and oxygen atoms in total. The van der Waals surface area contributed by atoms with Crippen LogP contribution in [-0.2, 0) is 16.0 Å². The summed E-state index contributed by atoms with van der Waals surface area (Å²) in [7, 11) is 0. The molecule has 7 heteroatoms. The molecular weight excluding hydrogens is 320 g/mol. The van der Waals surface area contributed by atoms with Gasteiger partial charge in [-0.25, -0.2) is 9.59 Å².